The summed E-state index contributed by atoms with van der Waals surface area (Å²) in [5, 5.41) is 0. The van der Waals surface area contributed by atoms with E-state index in [2.05, 4.69) is 43.1 Å². The zero-order chi connectivity index (χ0) is 19.7. The third-order valence-corrected chi connectivity index (χ3v) is 4.58. The standard InChI is InChI=1S/C17H26O2.C6H12N2/c1-2-3-4-5-6-7-8-12-15-19-17(18)16-13-10-9-11-14-16;1-3-8-5-4-7(2)6-8/h9-11,13-14H,2-8,12,15H2,1H3;4-5H,3,6H2,1-2H3. The van der Waals surface area contributed by atoms with Gasteiger partial charge in [0.15, 0.2) is 0 Å². The van der Waals surface area contributed by atoms with Crippen LogP contribution in [0.15, 0.2) is 42.7 Å². The molecule has 0 fully saturated rings. The zero-order valence-corrected chi connectivity index (χ0v) is 17.5. The lowest BCUT2D eigenvalue weighted by atomic mass is 10.1. The molecule has 1 aromatic rings. The Hall–Kier alpha value is -1.97. The van der Waals surface area contributed by atoms with Gasteiger partial charge >= 0.3 is 5.97 Å². The number of nitrogens with zero attached hydrogens (tertiary/aromatic N) is 2. The normalized spacial score (nSPS) is 12.7. The van der Waals surface area contributed by atoms with Crippen LogP contribution in [-0.4, -0.2) is 42.6 Å². The summed E-state index contributed by atoms with van der Waals surface area (Å²) in [7, 11) is 2.08. The van der Waals surface area contributed by atoms with Crippen LogP contribution in [0.3, 0.4) is 0 Å². The number of esters is 1. The van der Waals surface area contributed by atoms with Gasteiger partial charge in [0, 0.05) is 26.0 Å². The molecule has 0 atom stereocenters. The molecule has 2 rings (SSSR count). The van der Waals surface area contributed by atoms with E-state index in [0.29, 0.717) is 12.2 Å². The molecule has 0 spiro atoms. The van der Waals surface area contributed by atoms with Gasteiger partial charge in [-0.25, -0.2) is 4.79 Å². The summed E-state index contributed by atoms with van der Waals surface area (Å²) in [6.07, 6.45) is 14.3. The van der Waals surface area contributed by atoms with E-state index in [9.17, 15) is 4.79 Å². The molecule has 0 saturated carbocycles. The van der Waals surface area contributed by atoms with Gasteiger partial charge < -0.3 is 14.5 Å². The van der Waals surface area contributed by atoms with E-state index < -0.39 is 0 Å². The van der Waals surface area contributed by atoms with E-state index in [1.165, 1.54) is 38.5 Å². The van der Waals surface area contributed by atoms with Crippen LogP contribution in [0.2, 0.25) is 0 Å². The van der Waals surface area contributed by atoms with Crippen molar-refractivity contribution in [3.63, 3.8) is 0 Å². The molecule has 1 aliphatic rings. The van der Waals surface area contributed by atoms with E-state index >= 15 is 0 Å². The molecule has 1 aromatic carbocycles. The van der Waals surface area contributed by atoms with Crippen LogP contribution in [0.25, 0.3) is 0 Å². The monoisotopic (exact) mass is 374 g/mol. The number of unbranched alkanes of at least 4 members (excludes halogenated alkanes) is 7. The van der Waals surface area contributed by atoms with Gasteiger partial charge in [-0.3, -0.25) is 0 Å². The molecule has 1 heterocycles. The van der Waals surface area contributed by atoms with Gasteiger partial charge in [-0.2, -0.15) is 0 Å². The van der Waals surface area contributed by atoms with Crippen molar-refractivity contribution < 1.29 is 9.53 Å². The van der Waals surface area contributed by atoms with Gasteiger partial charge in [0.05, 0.1) is 18.8 Å². The summed E-state index contributed by atoms with van der Waals surface area (Å²) >= 11 is 0. The molecule has 0 unspecified atom stereocenters. The fraction of sp³-hybridized carbons (Fsp3) is 0.609. The Labute approximate surface area is 166 Å². The molecule has 1 aliphatic heterocycles. The highest BCUT2D eigenvalue weighted by atomic mass is 16.5. The number of carbonyl (C=O) groups is 1. The fourth-order valence-electron chi connectivity index (χ4n) is 2.85. The van der Waals surface area contributed by atoms with E-state index in [-0.39, 0.29) is 5.97 Å². The molecule has 0 aliphatic carbocycles. The zero-order valence-electron chi connectivity index (χ0n) is 17.5. The Morgan fingerprint density at radius 1 is 0.926 bits per heavy atom. The predicted molar refractivity (Wildman–Crippen MR) is 113 cm³/mol. The van der Waals surface area contributed by atoms with E-state index in [0.717, 1.165) is 26.1 Å². The Kier molecular flexibility index (Phi) is 12.9. The first kappa shape index (κ1) is 23.1. The Bertz CT molecular complexity index is 516. The maximum Gasteiger partial charge on any atom is 0.338 e. The third kappa shape index (κ3) is 11.4. The molecule has 4 nitrogen and oxygen atoms in total. The van der Waals surface area contributed by atoms with Crippen molar-refractivity contribution in [3.8, 4) is 0 Å². The van der Waals surface area contributed by atoms with Gasteiger partial charge in [0.2, 0.25) is 0 Å². The highest BCUT2D eigenvalue weighted by Gasteiger charge is 2.05. The van der Waals surface area contributed by atoms with Crippen LogP contribution >= 0.6 is 0 Å². The summed E-state index contributed by atoms with van der Waals surface area (Å²) in [5.41, 5.74) is 0.641. The number of hydrogen-bond donors (Lipinski definition) is 0. The van der Waals surface area contributed by atoms with E-state index in [4.69, 9.17) is 4.74 Å². The second kappa shape index (κ2) is 15.1. The summed E-state index contributed by atoms with van der Waals surface area (Å²) in [6, 6.07) is 9.18. The molecule has 0 radical (unpaired) electrons. The summed E-state index contributed by atoms with van der Waals surface area (Å²) in [4.78, 5) is 16.0. The first-order chi connectivity index (χ1) is 13.2. The fourth-order valence-corrected chi connectivity index (χ4v) is 2.85. The summed E-state index contributed by atoms with van der Waals surface area (Å²) in [6.45, 7) is 7.10. The van der Waals surface area contributed by atoms with Crippen LogP contribution in [-0.2, 0) is 4.74 Å². The van der Waals surface area contributed by atoms with Crippen LogP contribution in [0.1, 0.15) is 75.6 Å². The van der Waals surface area contributed by atoms with Gasteiger partial charge in [0.25, 0.3) is 0 Å². The Morgan fingerprint density at radius 3 is 2.07 bits per heavy atom. The Balaban J connectivity index is 0.000000377. The smallest absolute Gasteiger partial charge is 0.338 e. The van der Waals surface area contributed by atoms with Crippen molar-refractivity contribution in [2.75, 3.05) is 26.9 Å². The maximum atomic E-state index is 11.6. The minimum Gasteiger partial charge on any atom is -0.462 e. The molecule has 27 heavy (non-hydrogen) atoms. The number of hydrogen-bond acceptors (Lipinski definition) is 4. The highest BCUT2D eigenvalue weighted by molar-refractivity contribution is 5.89. The van der Waals surface area contributed by atoms with E-state index in [1.807, 2.05) is 18.2 Å². The van der Waals surface area contributed by atoms with Crippen molar-refractivity contribution in [3.05, 3.63) is 48.3 Å². The van der Waals surface area contributed by atoms with Gasteiger partial charge in [-0.15, -0.1) is 0 Å². The van der Waals surface area contributed by atoms with Crippen molar-refractivity contribution in [2.45, 2.75) is 65.2 Å². The van der Waals surface area contributed by atoms with Crippen molar-refractivity contribution in [1.82, 2.24) is 9.80 Å². The largest absolute Gasteiger partial charge is 0.462 e. The van der Waals surface area contributed by atoms with Crippen molar-refractivity contribution >= 4 is 5.97 Å². The molecule has 0 saturated heterocycles. The minimum atomic E-state index is -0.205. The molecule has 4 heteroatoms. The molecule has 152 valence electrons. The SMILES string of the molecule is CCCCCCCCCCOC(=O)c1ccccc1.CCN1C=CN(C)C1. The second-order valence-electron chi connectivity index (χ2n) is 7.08. The van der Waals surface area contributed by atoms with Crippen molar-refractivity contribution in [2.24, 2.45) is 0 Å². The average molecular weight is 375 g/mol. The maximum absolute atomic E-state index is 11.6. The topological polar surface area (TPSA) is 32.8 Å². The third-order valence-electron chi connectivity index (χ3n) is 4.58. The molecule has 0 N–H and O–H groups in total. The lowest BCUT2D eigenvalue weighted by Gasteiger charge is -2.14. The van der Waals surface area contributed by atoms with Crippen molar-refractivity contribution in [1.29, 1.82) is 0 Å². The van der Waals surface area contributed by atoms with Crippen LogP contribution < -0.4 is 0 Å². The molecular weight excluding hydrogens is 336 g/mol. The summed E-state index contributed by atoms with van der Waals surface area (Å²) in [5.74, 6) is -0.205. The predicted octanol–water partition coefficient (Wildman–Crippen LogP) is 5.67. The van der Waals surface area contributed by atoms with Crippen LogP contribution in [0, 0.1) is 0 Å². The summed E-state index contributed by atoms with van der Waals surface area (Å²) < 4.78 is 5.23. The number of rotatable bonds is 11. The first-order valence-electron chi connectivity index (χ1n) is 10.5. The van der Waals surface area contributed by atoms with Crippen LogP contribution in [0.4, 0.5) is 0 Å². The van der Waals surface area contributed by atoms with Gasteiger partial charge in [-0.1, -0.05) is 70.1 Å². The number of carbonyl (C=O) groups excluding carboxylic acids is 1. The lowest BCUT2D eigenvalue weighted by molar-refractivity contribution is 0.0497. The lowest BCUT2D eigenvalue weighted by Crippen LogP contribution is -2.21. The molecule has 0 amide bonds. The van der Waals surface area contributed by atoms with E-state index in [1.54, 1.807) is 12.1 Å². The first-order valence-corrected chi connectivity index (χ1v) is 10.5. The van der Waals surface area contributed by atoms with Gasteiger partial charge in [-0.05, 0) is 25.5 Å². The number of benzene rings is 1. The minimum absolute atomic E-state index is 0.205. The van der Waals surface area contributed by atoms with Crippen LogP contribution in [0.5, 0.6) is 0 Å². The number of ether oxygens (including phenoxy) is 1. The molecular formula is C23H38N2O2. The highest BCUT2D eigenvalue weighted by Crippen LogP contribution is 2.09. The quantitative estimate of drug-likeness (QED) is 0.369. The molecule has 0 aromatic heterocycles. The second-order valence-corrected chi connectivity index (χ2v) is 7.08. The average Bonchev–Trinajstić information content (AvgIpc) is 3.13. The Morgan fingerprint density at radius 2 is 1.56 bits per heavy atom. The molecule has 0 bridgehead atoms. The van der Waals surface area contributed by atoms with Gasteiger partial charge in [0.1, 0.15) is 0 Å².